The maximum Gasteiger partial charge on any atom is 1.00 e. The summed E-state index contributed by atoms with van der Waals surface area (Å²) in [6.07, 6.45) is 9.00. The number of rotatable bonds is 0. The summed E-state index contributed by atoms with van der Waals surface area (Å²) in [7, 11) is -4.67. The minimum absolute atomic E-state index is 0. The maximum absolute atomic E-state index is 8.74. The standard InChI is InChI=1S/C6H12.Na.H2O4S.H/c1-2-4-6-5-3-1;;1-5(2,3)4;/h1-6H2;;(H2,1,2,3,4);/q;+1;;-1. The fourth-order valence-corrected chi connectivity index (χ4v) is 1.06. The molecule has 1 fully saturated rings. The van der Waals surface area contributed by atoms with E-state index in [1.165, 1.54) is 38.5 Å². The molecule has 0 saturated heterocycles. The molecule has 4 nitrogen and oxygen atoms in total. The smallest absolute Gasteiger partial charge is 1.00 e. The molecule has 0 atom stereocenters. The zero-order chi connectivity index (χ0) is 8.74. The van der Waals surface area contributed by atoms with Crippen molar-refractivity contribution in [2.24, 2.45) is 0 Å². The summed E-state index contributed by atoms with van der Waals surface area (Å²) < 4.78 is 31.6. The van der Waals surface area contributed by atoms with Crippen molar-refractivity contribution in [1.82, 2.24) is 0 Å². The quantitative estimate of drug-likeness (QED) is 0.386. The Morgan fingerprint density at radius 3 is 1.00 bits per heavy atom. The summed E-state index contributed by atoms with van der Waals surface area (Å²) in [6.45, 7) is 0. The maximum atomic E-state index is 8.74. The fraction of sp³-hybridized carbons (Fsp3) is 1.00. The Kier molecular flexibility index (Phi) is 10.8. The van der Waals surface area contributed by atoms with Crippen LogP contribution in [0.15, 0.2) is 0 Å². The van der Waals surface area contributed by atoms with Gasteiger partial charge in [-0.25, -0.2) is 0 Å². The molecule has 12 heavy (non-hydrogen) atoms. The van der Waals surface area contributed by atoms with Crippen molar-refractivity contribution >= 4 is 10.4 Å². The summed E-state index contributed by atoms with van der Waals surface area (Å²) in [5.41, 5.74) is 0. The van der Waals surface area contributed by atoms with Crippen molar-refractivity contribution in [1.29, 1.82) is 0 Å². The molecule has 0 aromatic carbocycles. The van der Waals surface area contributed by atoms with E-state index in [9.17, 15) is 0 Å². The van der Waals surface area contributed by atoms with E-state index < -0.39 is 10.4 Å². The average molecular weight is 206 g/mol. The van der Waals surface area contributed by atoms with Crippen molar-refractivity contribution in [3.63, 3.8) is 0 Å². The van der Waals surface area contributed by atoms with Crippen LogP contribution >= 0.6 is 0 Å². The Balaban J connectivity index is -0.000000136. The molecule has 0 aromatic rings. The van der Waals surface area contributed by atoms with Crippen LogP contribution in [0.2, 0.25) is 0 Å². The van der Waals surface area contributed by atoms with Crippen LogP contribution in [0.3, 0.4) is 0 Å². The van der Waals surface area contributed by atoms with E-state index in [0.717, 1.165) is 0 Å². The fourth-order valence-electron chi connectivity index (χ4n) is 1.06. The van der Waals surface area contributed by atoms with Gasteiger partial charge in [0.15, 0.2) is 0 Å². The summed E-state index contributed by atoms with van der Waals surface area (Å²) in [6, 6.07) is 0. The molecule has 70 valence electrons. The van der Waals surface area contributed by atoms with Crippen molar-refractivity contribution in [2.45, 2.75) is 38.5 Å². The predicted molar refractivity (Wildman–Crippen MR) is 43.0 cm³/mol. The van der Waals surface area contributed by atoms with Crippen LogP contribution in [0, 0.1) is 0 Å². The Morgan fingerprint density at radius 2 is 0.917 bits per heavy atom. The molecule has 6 heteroatoms. The second-order valence-corrected chi connectivity index (χ2v) is 3.46. The third-order valence-electron chi connectivity index (χ3n) is 1.50. The van der Waals surface area contributed by atoms with E-state index >= 15 is 0 Å². The van der Waals surface area contributed by atoms with Crippen LogP contribution in [0.4, 0.5) is 0 Å². The van der Waals surface area contributed by atoms with Crippen molar-refractivity contribution in [2.75, 3.05) is 0 Å². The molecular formula is C6H15NaO4S. The third-order valence-corrected chi connectivity index (χ3v) is 1.50. The summed E-state index contributed by atoms with van der Waals surface area (Å²) >= 11 is 0. The van der Waals surface area contributed by atoms with Gasteiger partial charge in [0.05, 0.1) is 0 Å². The van der Waals surface area contributed by atoms with Crippen LogP contribution in [-0.2, 0) is 10.4 Å². The van der Waals surface area contributed by atoms with Crippen molar-refractivity contribution < 1.29 is 48.5 Å². The van der Waals surface area contributed by atoms with E-state index in [-0.39, 0.29) is 31.0 Å². The molecule has 1 aliphatic rings. The number of hydrogen-bond donors (Lipinski definition) is 2. The van der Waals surface area contributed by atoms with Crippen LogP contribution in [0.25, 0.3) is 0 Å². The van der Waals surface area contributed by atoms with Crippen LogP contribution in [0.1, 0.15) is 40.0 Å². The molecule has 0 bridgehead atoms. The zero-order valence-electron chi connectivity index (χ0n) is 8.36. The van der Waals surface area contributed by atoms with Gasteiger partial charge < -0.3 is 1.43 Å². The third kappa shape index (κ3) is 22.4. The molecule has 0 heterocycles. The normalized spacial score (nSPS) is 16.8. The largest absolute Gasteiger partial charge is 1.00 e. The first-order valence-electron chi connectivity index (χ1n) is 3.70. The molecule has 1 aliphatic carbocycles. The van der Waals surface area contributed by atoms with Gasteiger partial charge >= 0.3 is 40.0 Å². The van der Waals surface area contributed by atoms with Gasteiger partial charge in [0.2, 0.25) is 0 Å². The van der Waals surface area contributed by atoms with Crippen LogP contribution < -0.4 is 29.6 Å². The van der Waals surface area contributed by atoms with E-state index in [4.69, 9.17) is 17.5 Å². The van der Waals surface area contributed by atoms with Gasteiger partial charge in [-0.1, -0.05) is 38.5 Å². The summed E-state index contributed by atoms with van der Waals surface area (Å²) in [5, 5.41) is 0. The second-order valence-electron chi connectivity index (χ2n) is 2.57. The van der Waals surface area contributed by atoms with Crippen molar-refractivity contribution in [3.05, 3.63) is 0 Å². The molecule has 1 saturated carbocycles. The molecule has 0 aromatic heterocycles. The second kappa shape index (κ2) is 8.47. The van der Waals surface area contributed by atoms with Gasteiger partial charge in [-0.15, -0.1) is 0 Å². The van der Waals surface area contributed by atoms with Gasteiger partial charge in [-0.05, 0) is 0 Å². The Hall–Kier alpha value is 0.870. The molecule has 0 amide bonds. The minimum Gasteiger partial charge on any atom is -1.00 e. The van der Waals surface area contributed by atoms with Gasteiger partial charge in [0.25, 0.3) is 0 Å². The first kappa shape index (κ1) is 15.3. The van der Waals surface area contributed by atoms with Gasteiger partial charge in [-0.2, -0.15) is 8.42 Å². The number of hydrogen-bond acceptors (Lipinski definition) is 2. The molecule has 0 radical (unpaired) electrons. The molecular weight excluding hydrogens is 191 g/mol. The van der Waals surface area contributed by atoms with E-state index in [1.807, 2.05) is 0 Å². The molecule has 0 spiro atoms. The monoisotopic (exact) mass is 206 g/mol. The van der Waals surface area contributed by atoms with Crippen LogP contribution in [0.5, 0.6) is 0 Å². The Bertz CT molecular complexity index is 160. The SMILES string of the molecule is C1CCCCC1.O=S(=O)(O)O.[H-].[Na+]. The van der Waals surface area contributed by atoms with E-state index in [0.29, 0.717) is 0 Å². The first-order valence-corrected chi connectivity index (χ1v) is 5.10. The minimum atomic E-state index is -4.67. The summed E-state index contributed by atoms with van der Waals surface area (Å²) in [5.74, 6) is 0. The summed E-state index contributed by atoms with van der Waals surface area (Å²) in [4.78, 5) is 0. The topological polar surface area (TPSA) is 74.6 Å². The Morgan fingerprint density at radius 1 is 0.833 bits per heavy atom. The first-order chi connectivity index (χ1) is 5.00. The Labute approximate surface area is 97.1 Å². The molecule has 0 aliphatic heterocycles. The predicted octanol–water partition coefficient (Wildman–Crippen LogP) is -1.20. The zero-order valence-corrected chi connectivity index (χ0v) is 10.2. The van der Waals surface area contributed by atoms with E-state index in [1.54, 1.807) is 0 Å². The van der Waals surface area contributed by atoms with Gasteiger partial charge in [0.1, 0.15) is 0 Å². The average Bonchev–Trinajstić information content (AvgIpc) is 1.88. The van der Waals surface area contributed by atoms with Gasteiger partial charge in [0, 0.05) is 0 Å². The van der Waals surface area contributed by atoms with Crippen molar-refractivity contribution in [3.8, 4) is 0 Å². The van der Waals surface area contributed by atoms with E-state index in [2.05, 4.69) is 0 Å². The van der Waals surface area contributed by atoms with Crippen LogP contribution in [-0.4, -0.2) is 17.5 Å². The molecule has 1 rings (SSSR count). The van der Waals surface area contributed by atoms with Gasteiger partial charge in [-0.3, -0.25) is 9.11 Å². The molecule has 2 N–H and O–H groups in total. The molecule has 0 unspecified atom stereocenters.